The molecule has 0 amide bonds. The lowest BCUT2D eigenvalue weighted by atomic mass is 10.0. The molecule has 0 radical (unpaired) electrons. The molecule has 0 atom stereocenters. The van der Waals surface area contributed by atoms with E-state index in [9.17, 15) is 14.7 Å². The number of aryl methyl sites for hydroxylation is 1. The van der Waals surface area contributed by atoms with Crippen LogP contribution in [0.3, 0.4) is 0 Å². The Labute approximate surface area is 109 Å². The monoisotopic (exact) mass is 261 g/mol. The number of hydrogen-bond donors (Lipinski definition) is 0. The Balaban J connectivity index is 2.55. The van der Waals surface area contributed by atoms with Gasteiger partial charge in [-0.15, -0.1) is 0 Å². The minimum absolute atomic E-state index is 0.110. The quantitative estimate of drug-likeness (QED) is 0.760. The molecule has 0 fully saturated rings. The molecule has 0 unspecified atom stereocenters. The third kappa shape index (κ3) is 2.59. The van der Waals surface area contributed by atoms with Crippen molar-refractivity contribution in [2.75, 3.05) is 7.11 Å². The Bertz CT molecular complexity index is 684. The van der Waals surface area contributed by atoms with Crippen LogP contribution >= 0.6 is 0 Å². The maximum absolute atomic E-state index is 11.8. The van der Waals surface area contributed by atoms with Crippen molar-refractivity contribution in [1.82, 2.24) is 0 Å². The number of rotatable bonds is 4. The lowest BCUT2D eigenvalue weighted by Crippen LogP contribution is -2.24. The predicted octanol–water partition coefficient (Wildman–Crippen LogP) is 0.793. The first-order chi connectivity index (χ1) is 9.02. The summed E-state index contributed by atoms with van der Waals surface area (Å²) in [5.74, 6) is -0.592. The van der Waals surface area contributed by atoms with Gasteiger partial charge in [-0.2, -0.15) is 0 Å². The number of carboxylic acid groups (broad SMARTS) is 1. The van der Waals surface area contributed by atoms with Crippen molar-refractivity contribution in [2.24, 2.45) is 0 Å². The van der Waals surface area contributed by atoms with Crippen molar-refractivity contribution in [1.29, 1.82) is 0 Å². The molecular formula is C14H13O5-. The number of hydrogen-bond acceptors (Lipinski definition) is 5. The van der Waals surface area contributed by atoms with Crippen molar-refractivity contribution in [3.05, 3.63) is 39.7 Å². The second-order valence-electron chi connectivity index (χ2n) is 4.23. The summed E-state index contributed by atoms with van der Waals surface area (Å²) in [5.41, 5.74) is 1.02. The van der Waals surface area contributed by atoms with Gasteiger partial charge >= 0.3 is 5.63 Å². The van der Waals surface area contributed by atoms with E-state index < -0.39 is 11.6 Å². The molecule has 2 aromatic rings. The largest absolute Gasteiger partial charge is 0.550 e. The van der Waals surface area contributed by atoms with Gasteiger partial charge in [0.2, 0.25) is 0 Å². The summed E-state index contributed by atoms with van der Waals surface area (Å²) in [6.45, 7) is 1.77. The summed E-state index contributed by atoms with van der Waals surface area (Å²) < 4.78 is 10.3. The number of carbonyl (C=O) groups is 1. The van der Waals surface area contributed by atoms with Gasteiger partial charge in [-0.05, 0) is 37.5 Å². The van der Waals surface area contributed by atoms with Crippen LogP contribution in [0, 0.1) is 6.92 Å². The van der Waals surface area contributed by atoms with Gasteiger partial charge in [-0.1, -0.05) is 0 Å². The molecule has 0 aliphatic heterocycles. The second-order valence-corrected chi connectivity index (χ2v) is 4.23. The maximum Gasteiger partial charge on any atom is 0.339 e. The number of benzene rings is 1. The minimum Gasteiger partial charge on any atom is -0.550 e. The smallest absolute Gasteiger partial charge is 0.339 e. The van der Waals surface area contributed by atoms with Gasteiger partial charge in [0.25, 0.3) is 0 Å². The van der Waals surface area contributed by atoms with E-state index in [0.717, 1.165) is 10.9 Å². The number of methoxy groups -OCH3 is 1. The summed E-state index contributed by atoms with van der Waals surface area (Å²) in [5, 5.41) is 11.3. The molecule has 0 aliphatic rings. The highest BCUT2D eigenvalue weighted by molar-refractivity contribution is 5.82. The lowest BCUT2D eigenvalue weighted by molar-refractivity contribution is -0.305. The lowest BCUT2D eigenvalue weighted by Gasteiger charge is -2.09. The molecule has 100 valence electrons. The van der Waals surface area contributed by atoms with E-state index in [0.29, 0.717) is 16.9 Å². The van der Waals surface area contributed by atoms with E-state index in [2.05, 4.69) is 0 Å². The van der Waals surface area contributed by atoms with Gasteiger partial charge in [-0.3, -0.25) is 0 Å². The average molecular weight is 261 g/mol. The summed E-state index contributed by atoms with van der Waals surface area (Å²) >= 11 is 0. The van der Waals surface area contributed by atoms with Crippen LogP contribution in [0.5, 0.6) is 5.75 Å². The molecule has 1 heterocycles. The number of carbonyl (C=O) groups excluding carboxylic acids is 1. The van der Waals surface area contributed by atoms with Crippen LogP contribution in [-0.4, -0.2) is 13.1 Å². The average Bonchev–Trinajstić information content (AvgIpc) is 2.37. The summed E-state index contributed by atoms with van der Waals surface area (Å²) in [7, 11) is 1.53. The van der Waals surface area contributed by atoms with Gasteiger partial charge < -0.3 is 19.1 Å². The standard InChI is InChI=1S/C14H14O5/c1-8-10-4-3-9(18-2)7-12(10)19-14(17)11(8)5-6-13(15)16/h3-4,7H,5-6H2,1-2H3,(H,15,16)/p-1. The number of carboxylic acids is 1. The van der Waals surface area contributed by atoms with E-state index in [1.807, 2.05) is 0 Å². The Hall–Kier alpha value is -2.30. The minimum atomic E-state index is -1.19. The van der Waals surface area contributed by atoms with E-state index in [4.69, 9.17) is 9.15 Å². The van der Waals surface area contributed by atoms with E-state index >= 15 is 0 Å². The zero-order valence-electron chi connectivity index (χ0n) is 10.7. The van der Waals surface area contributed by atoms with Crippen molar-refractivity contribution >= 4 is 16.9 Å². The first-order valence-electron chi connectivity index (χ1n) is 5.83. The molecule has 0 bridgehead atoms. The fourth-order valence-electron chi connectivity index (χ4n) is 2.02. The zero-order valence-corrected chi connectivity index (χ0v) is 10.7. The molecule has 0 aliphatic carbocycles. The van der Waals surface area contributed by atoms with Gasteiger partial charge in [-0.25, -0.2) is 4.79 Å². The fourth-order valence-corrected chi connectivity index (χ4v) is 2.02. The normalized spacial score (nSPS) is 10.6. The summed E-state index contributed by atoms with van der Waals surface area (Å²) in [4.78, 5) is 22.3. The van der Waals surface area contributed by atoms with Gasteiger partial charge in [0.15, 0.2) is 0 Å². The van der Waals surface area contributed by atoms with Crippen LogP contribution in [0.25, 0.3) is 11.0 Å². The van der Waals surface area contributed by atoms with E-state index in [1.165, 1.54) is 7.11 Å². The molecule has 19 heavy (non-hydrogen) atoms. The molecule has 0 N–H and O–H groups in total. The van der Waals surface area contributed by atoms with Crippen LogP contribution in [0.15, 0.2) is 27.4 Å². The van der Waals surface area contributed by atoms with Crippen molar-refractivity contribution in [2.45, 2.75) is 19.8 Å². The van der Waals surface area contributed by atoms with Crippen LogP contribution < -0.4 is 15.5 Å². The molecular weight excluding hydrogens is 248 g/mol. The highest BCUT2D eigenvalue weighted by atomic mass is 16.5. The molecule has 5 nitrogen and oxygen atoms in total. The fraction of sp³-hybridized carbons (Fsp3) is 0.286. The molecule has 1 aromatic heterocycles. The SMILES string of the molecule is COc1ccc2c(C)c(CCC(=O)[O-])c(=O)oc2c1. The van der Waals surface area contributed by atoms with E-state index in [-0.39, 0.29) is 12.8 Å². The van der Waals surface area contributed by atoms with Crippen LogP contribution in [-0.2, 0) is 11.2 Å². The Kier molecular flexibility index (Phi) is 3.55. The zero-order chi connectivity index (χ0) is 14.0. The van der Waals surface area contributed by atoms with E-state index in [1.54, 1.807) is 25.1 Å². The number of ether oxygens (including phenoxy) is 1. The molecule has 0 spiro atoms. The third-order valence-corrected chi connectivity index (χ3v) is 3.07. The van der Waals surface area contributed by atoms with Crippen molar-refractivity contribution in [3.8, 4) is 5.75 Å². The third-order valence-electron chi connectivity index (χ3n) is 3.07. The first-order valence-corrected chi connectivity index (χ1v) is 5.83. The highest BCUT2D eigenvalue weighted by Crippen LogP contribution is 2.24. The molecule has 0 saturated heterocycles. The summed E-state index contributed by atoms with van der Waals surface area (Å²) in [6.07, 6.45) is -0.0915. The maximum atomic E-state index is 11.8. The first kappa shape index (κ1) is 13.1. The Morgan fingerprint density at radius 3 is 2.79 bits per heavy atom. The van der Waals surface area contributed by atoms with Crippen molar-refractivity contribution in [3.63, 3.8) is 0 Å². The predicted molar refractivity (Wildman–Crippen MR) is 67.1 cm³/mol. The van der Waals surface area contributed by atoms with Crippen molar-refractivity contribution < 1.29 is 19.1 Å². The summed E-state index contributed by atoms with van der Waals surface area (Å²) in [6, 6.07) is 5.18. The highest BCUT2D eigenvalue weighted by Gasteiger charge is 2.11. The topological polar surface area (TPSA) is 79.6 Å². The van der Waals surface area contributed by atoms with Crippen LogP contribution in [0.1, 0.15) is 17.5 Å². The van der Waals surface area contributed by atoms with Crippen LogP contribution in [0.4, 0.5) is 0 Å². The molecule has 0 saturated carbocycles. The van der Waals surface area contributed by atoms with Gasteiger partial charge in [0.1, 0.15) is 11.3 Å². The molecule has 5 heteroatoms. The number of fused-ring (bicyclic) bond motifs is 1. The number of aliphatic carboxylic acids is 1. The molecule has 2 rings (SSSR count). The second kappa shape index (κ2) is 5.14. The van der Waals surface area contributed by atoms with Gasteiger partial charge in [0.05, 0.1) is 7.11 Å². The Morgan fingerprint density at radius 2 is 2.16 bits per heavy atom. The Morgan fingerprint density at radius 1 is 1.42 bits per heavy atom. The molecule has 1 aromatic carbocycles. The van der Waals surface area contributed by atoms with Gasteiger partial charge in [0, 0.05) is 23.0 Å². The van der Waals surface area contributed by atoms with Crippen LogP contribution in [0.2, 0.25) is 0 Å².